The molecule has 9 aromatic carbocycles. The van der Waals surface area contributed by atoms with Crippen molar-refractivity contribution in [2.24, 2.45) is 0 Å². The Labute approximate surface area is 294 Å². The quantitative estimate of drug-likeness (QED) is 0.179. The van der Waals surface area contributed by atoms with E-state index < -0.39 is 0 Å². The van der Waals surface area contributed by atoms with E-state index in [1.54, 1.807) is 0 Å². The Morgan fingerprint density at radius 3 is 1.60 bits per heavy atom. The van der Waals surface area contributed by atoms with Gasteiger partial charge in [-0.25, -0.2) is 0 Å². The van der Waals surface area contributed by atoms with E-state index in [1.807, 2.05) is 11.3 Å². The zero-order valence-corrected chi connectivity index (χ0v) is 28.1. The number of nitrogens with zero attached hydrogens (tertiary/aromatic N) is 1. The van der Waals surface area contributed by atoms with Crippen LogP contribution in [0.25, 0.3) is 74.7 Å². The number of rotatable bonds is 5. The zero-order valence-electron chi connectivity index (χ0n) is 27.3. The van der Waals surface area contributed by atoms with Gasteiger partial charge in [0.1, 0.15) is 0 Å². The number of hydrogen-bond donors (Lipinski definition) is 0. The van der Waals surface area contributed by atoms with E-state index in [9.17, 15) is 0 Å². The van der Waals surface area contributed by atoms with Crippen LogP contribution in [-0.4, -0.2) is 0 Å². The third-order valence-corrected chi connectivity index (χ3v) is 11.1. The summed E-state index contributed by atoms with van der Waals surface area (Å²) in [7, 11) is 0. The van der Waals surface area contributed by atoms with Crippen molar-refractivity contribution >= 4 is 80.9 Å². The van der Waals surface area contributed by atoms with Crippen molar-refractivity contribution in [1.82, 2.24) is 0 Å². The molecule has 1 nitrogen and oxygen atoms in total. The summed E-state index contributed by atoms with van der Waals surface area (Å²) in [5.74, 6) is 0. The first-order chi connectivity index (χ1) is 24.8. The molecule has 0 aliphatic carbocycles. The molecule has 0 bridgehead atoms. The van der Waals surface area contributed by atoms with Crippen LogP contribution in [0.4, 0.5) is 17.1 Å². The lowest BCUT2D eigenvalue weighted by Gasteiger charge is -2.26. The SMILES string of the molecule is c1ccc2cc(N(c3ccc(-c4cccc5ccccc45)cc3)c3ccc(-c4cccc5sc6cc7ccccc7cc6c45)cc3)ccc2c1. The Kier molecular flexibility index (Phi) is 6.75. The van der Waals surface area contributed by atoms with E-state index >= 15 is 0 Å². The lowest BCUT2D eigenvalue weighted by molar-refractivity contribution is 1.29. The minimum atomic E-state index is 1.12. The van der Waals surface area contributed by atoms with Gasteiger partial charge in [0, 0.05) is 37.2 Å². The summed E-state index contributed by atoms with van der Waals surface area (Å²) >= 11 is 1.88. The average molecular weight is 654 g/mol. The normalized spacial score (nSPS) is 11.6. The second-order valence-corrected chi connectivity index (χ2v) is 14.0. The molecule has 1 heterocycles. The van der Waals surface area contributed by atoms with Crippen LogP contribution in [0.3, 0.4) is 0 Å². The fraction of sp³-hybridized carbons (Fsp3) is 0. The molecule has 10 aromatic rings. The summed E-state index contributed by atoms with van der Waals surface area (Å²) in [6.07, 6.45) is 0. The fourth-order valence-electron chi connectivity index (χ4n) is 7.57. The molecule has 0 aliphatic rings. The Bertz CT molecular complexity index is 2860. The van der Waals surface area contributed by atoms with E-state index in [4.69, 9.17) is 0 Å². The minimum Gasteiger partial charge on any atom is -0.310 e. The summed E-state index contributed by atoms with van der Waals surface area (Å²) in [6.45, 7) is 0. The average Bonchev–Trinajstić information content (AvgIpc) is 3.55. The molecule has 2 heteroatoms. The molecule has 0 atom stereocenters. The van der Waals surface area contributed by atoms with Crippen LogP contribution in [0.2, 0.25) is 0 Å². The standard InChI is InChI=1S/C48H31NS/c1-2-11-36-29-41(28-19-32(36)9-1)49(39-24-20-34(21-25-39)43-16-7-14-33-10-5-6-15-42(33)43)40-26-22-35(23-27-40)44-17-8-18-46-48(44)45-30-37-12-3-4-13-38(37)31-47(45)50-46/h1-31H. The topological polar surface area (TPSA) is 3.24 Å². The van der Waals surface area contributed by atoms with Crippen molar-refractivity contribution in [3.8, 4) is 22.3 Å². The van der Waals surface area contributed by atoms with Gasteiger partial charge in [0.05, 0.1) is 0 Å². The molecular formula is C48H31NS. The molecule has 0 saturated carbocycles. The Hall–Kier alpha value is -6.22. The van der Waals surface area contributed by atoms with Crippen LogP contribution >= 0.6 is 11.3 Å². The minimum absolute atomic E-state index is 1.12. The first-order valence-electron chi connectivity index (χ1n) is 17.1. The van der Waals surface area contributed by atoms with Crippen LogP contribution in [0.5, 0.6) is 0 Å². The lowest BCUT2D eigenvalue weighted by Crippen LogP contribution is -2.09. The molecule has 0 saturated heterocycles. The van der Waals surface area contributed by atoms with Gasteiger partial charge in [-0.2, -0.15) is 0 Å². The predicted octanol–water partition coefficient (Wildman–Crippen LogP) is 14.3. The Morgan fingerprint density at radius 1 is 0.320 bits per heavy atom. The van der Waals surface area contributed by atoms with Gasteiger partial charge in [-0.15, -0.1) is 11.3 Å². The summed E-state index contributed by atoms with van der Waals surface area (Å²) < 4.78 is 2.65. The highest BCUT2D eigenvalue weighted by Crippen LogP contribution is 2.43. The molecule has 0 aliphatic heterocycles. The zero-order chi connectivity index (χ0) is 33.0. The maximum absolute atomic E-state index is 2.37. The van der Waals surface area contributed by atoms with Crippen LogP contribution < -0.4 is 4.90 Å². The van der Waals surface area contributed by atoms with Gasteiger partial charge >= 0.3 is 0 Å². The predicted molar refractivity (Wildman–Crippen MR) is 217 cm³/mol. The number of benzene rings is 9. The third kappa shape index (κ3) is 4.84. The smallest absolute Gasteiger partial charge is 0.0468 e. The Morgan fingerprint density at radius 2 is 0.860 bits per heavy atom. The fourth-order valence-corrected chi connectivity index (χ4v) is 8.73. The van der Waals surface area contributed by atoms with Crippen molar-refractivity contribution in [2.75, 3.05) is 4.90 Å². The molecular weight excluding hydrogens is 623 g/mol. The molecule has 234 valence electrons. The lowest BCUT2D eigenvalue weighted by atomic mass is 9.97. The van der Waals surface area contributed by atoms with Gasteiger partial charge in [-0.1, -0.05) is 133 Å². The monoisotopic (exact) mass is 653 g/mol. The first-order valence-corrected chi connectivity index (χ1v) is 17.9. The van der Waals surface area contributed by atoms with Crippen molar-refractivity contribution in [1.29, 1.82) is 0 Å². The van der Waals surface area contributed by atoms with E-state index in [2.05, 4.69) is 193 Å². The van der Waals surface area contributed by atoms with Crippen molar-refractivity contribution in [3.05, 3.63) is 188 Å². The highest BCUT2D eigenvalue weighted by atomic mass is 32.1. The third-order valence-electron chi connectivity index (χ3n) is 10.0. The number of thiophene rings is 1. The Balaban J connectivity index is 1.09. The first kappa shape index (κ1) is 28.8. The van der Waals surface area contributed by atoms with Gasteiger partial charge < -0.3 is 4.90 Å². The highest BCUT2D eigenvalue weighted by Gasteiger charge is 2.16. The van der Waals surface area contributed by atoms with E-state index in [-0.39, 0.29) is 0 Å². The molecule has 0 radical (unpaired) electrons. The van der Waals surface area contributed by atoms with E-state index in [1.165, 1.54) is 74.7 Å². The maximum atomic E-state index is 2.37. The van der Waals surface area contributed by atoms with Crippen LogP contribution in [0.1, 0.15) is 0 Å². The molecule has 1 aromatic heterocycles. The van der Waals surface area contributed by atoms with Gasteiger partial charge in [0.25, 0.3) is 0 Å². The second kappa shape index (κ2) is 11.7. The number of hydrogen-bond acceptors (Lipinski definition) is 2. The molecule has 50 heavy (non-hydrogen) atoms. The number of anilines is 3. The largest absolute Gasteiger partial charge is 0.310 e. The highest BCUT2D eigenvalue weighted by molar-refractivity contribution is 7.26. The van der Waals surface area contributed by atoms with Crippen LogP contribution in [0, 0.1) is 0 Å². The van der Waals surface area contributed by atoms with Crippen LogP contribution in [0.15, 0.2) is 188 Å². The number of fused-ring (bicyclic) bond motifs is 6. The summed E-state index contributed by atoms with van der Waals surface area (Å²) in [5, 5.41) is 10.2. The molecule has 0 fully saturated rings. The molecule has 0 amide bonds. The van der Waals surface area contributed by atoms with Gasteiger partial charge in [0.2, 0.25) is 0 Å². The van der Waals surface area contributed by atoms with Gasteiger partial charge in [-0.3, -0.25) is 0 Å². The molecule has 0 spiro atoms. The van der Waals surface area contributed by atoms with E-state index in [0.717, 1.165) is 17.1 Å². The summed E-state index contributed by atoms with van der Waals surface area (Å²) in [6, 6.07) is 68.7. The van der Waals surface area contributed by atoms with Crippen molar-refractivity contribution < 1.29 is 0 Å². The van der Waals surface area contributed by atoms with E-state index in [0.29, 0.717) is 0 Å². The van der Waals surface area contributed by atoms with Crippen LogP contribution in [-0.2, 0) is 0 Å². The second-order valence-electron chi connectivity index (χ2n) is 13.0. The maximum Gasteiger partial charge on any atom is 0.0468 e. The molecule has 0 unspecified atom stereocenters. The molecule has 0 N–H and O–H groups in total. The molecule has 10 rings (SSSR count). The summed E-state index contributed by atoms with van der Waals surface area (Å²) in [4.78, 5) is 2.37. The van der Waals surface area contributed by atoms with Gasteiger partial charge in [-0.05, 0) is 109 Å². The van der Waals surface area contributed by atoms with Gasteiger partial charge in [0.15, 0.2) is 0 Å². The summed E-state index contributed by atoms with van der Waals surface area (Å²) in [5.41, 5.74) is 8.32. The van der Waals surface area contributed by atoms with Crippen molar-refractivity contribution in [2.45, 2.75) is 0 Å². The van der Waals surface area contributed by atoms with Crippen molar-refractivity contribution in [3.63, 3.8) is 0 Å².